The molecule has 4 nitrogen and oxygen atoms in total. The predicted octanol–water partition coefficient (Wildman–Crippen LogP) is 5.00. The zero-order valence-corrected chi connectivity index (χ0v) is 17.0. The van der Waals surface area contributed by atoms with Crippen molar-refractivity contribution in [2.24, 2.45) is 0 Å². The number of fused-ring (bicyclic) bond motifs is 1. The summed E-state index contributed by atoms with van der Waals surface area (Å²) in [7, 11) is 0. The Hall–Kier alpha value is -2.92. The van der Waals surface area contributed by atoms with E-state index in [-0.39, 0.29) is 5.56 Å². The lowest BCUT2D eigenvalue weighted by atomic mass is 10.1. The van der Waals surface area contributed by atoms with Gasteiger partial charge < -0.3 is 0 Å². The van der Waals surface area contributed by atoms with Crippen molar-refractivity contribution >= 4 is 22.7 Å². The van der Waals surface area contributed by atoms with E-state index in [4.69, 9.17) is 4.98 Å². The standard InChI is InChI=1S/C23H21N3OS/c1-15-8-10-17(3)18(12-15)14-28-23-25-20-7-5-4-6-19(20)22(27)26(23)21-11-9-16(2)13-24-21/h4-13H,14H2,1-3H3. The Morgan fingerprint density at radius 3 is 2.54 bits per heavy atom. The van der Waals surface area contributed by atoms with Crippen LogP contribution in [0.25, 0.3) is 16.7 Å². The minimum atomic E-state index is -0.0922. The van der Waals surface area contributed by atoms with Gasteiger partial charge in [0.15, 0.2) is 5.16 Å². The number of hydrogen-bond donors (Lipinski definition) is 0. The maximum absolute atomic E-state index is 13.2. The summed E-state index contributed by atoms with van der Waals surface area (Å²) in [5, 5.41) is 1.25. The molecule has 28 heavy (non-hydrogen) atoms. The van der Waals surface area contributed by atoms with E-state index in [2.05, 4.69) is 37.0 Å². The summed E-state index contributed by atoms with van der Waals surface area (Å²) in [4.78, 5) is 22.5. The summed E-state index contributed by atoms with van der Waals surface area (Å²) in [6.45, 7) is 6.18. The third-order valence-corrected chi connectivity index (χ3v) is 5.72. The van der Waals surface area contributed by atoms with Crippen LogP contribution < -0.4 is 5.56 Å². The first kappa shape index (κ1) is 18.4. The summed E-state index contributed by atoms with van der Waals surface area (Å²) in [5.41, 5.74) is 5.38. The van der Waals surface area contributed by atoms with Gasteiger partial charge in [0.05, 0.1) is 10.9 Å². The molecule has 0 radical (unpaired) electrons. The van der Waals surface area contributed by atoms with Crippen molar-refractivity contribution in [2.45, 2.75) is 31.7 Å². The van der Waals surface area contributed by atoms with Crippen LogP contribution in [0.2, 0.25) is 0 Å². The van der Waals surface area contributed by atoms with Crippen molar-refractivity contribution in [3.05, 3.63) is 93.4 Å². The second-order valence-electron chi connectivity index (χ2n) is 6.96. The van der Waals surface area contributed by atoms with Gasteiger partial charge in [0, 0.05) is 11.9 Å². The monoisotopic (exact) mass is 387 g/mol. The maximum Gasteiger partial charge on any atom is 0.267 e. The fraction of sp³-hybridized carbons (Fsp3) is 0.174. The normalized spacial score (nSPS) is 11.1. The minimum absolute atomic E-state index is 0.0922. The smallest absolute Gasteiger partial charge is 0.267 e. The first-order valence-electron chi connectivity index (χ1n) is 9.17. The van der Waals surface area contributed by atoms with Gasteiger partial charge in [-0.1, -0.05) is 53.7 Å². The first-order valence-corrected chi connectivity index (χ1v) is 10.2. The van der Waals surface area contributed by atoms with E-state index >= 15 is 0 Å². The molecule has 0 saturated heterocycles. The van der Waals surface area contributed by atoms with Crippen LogP contribution in [0.1, 0.15) is 22.3 Å². The van der Waals surface area contributed by atoms with Gasteiger partial charge in [0.25, 0.3) is 5.56 Å². The molecule has 0 aliphatic carbocycles. The molecule has 140 valence electrons. The Kier molecular flexibility index (Phi) is 5.01. The van der Waals surface area contributed by atoms with E-state index in [1.165, 1.54) is 16.7 Å². The molecule has 0 N–H and O–H groups in total. The van der Waals surface area contributed by atoms with Crippen molar-refractivity contribution in [3.63, 3.8) is 0 Å². The van der Waals surface area contributed by atoms with E-state index in [0.29, 0.717) is 21.9 Å². The van der Waals surface area contributed by atoms with E-state index < -0.39 is 0 Å². The Bertz CT molecular complexity index is 1210. The summed E-state index contributed by atoms with van der Waals surface area (Å²) in [6, 6.07) is 17.7. The number of pyridine rings is 1. The lowest BCUT2D eigenvalue weighted by molar-refractivity contribution is 0.794. The lowest BCUT2D eigenvalue weighted by Gasteiger charge is -2.13. The zero-order chi connectivity index (χ0) is 19.7. The molecular formula is C23H21N3OS. The van der Waals surface area contributed by atoms with Crippen LogP contribution in [0, 0.1) is 20.8 Å². The SMILES string of the molecule is Cc1ccc(-n2c(SCc3cc(C)ccc3C)nc3ccccc3c2=O)nc1. The van der Waals surface area contributed by atoms with Gasteiger partial charge in [-0.2, -0.15) is 0 Å². The summed E-state index contributed by atoms with van der Waals surface area (Å²) < 4.78 is 1.62. The Labute approximate surface area is 168 Å². The van der Waals surface area contributed by atoms with Gasteiger partial charge in [-0.15, -0.1) is 0 Å². The van der Waals surface area contributed by atoms with Gasteiger partial charge in [-0.25, -0.2) is 14.5 Å². The van der Waals surface area contributed by atoms with E-state index in [1.807, 2.05) is 43.3 Å². The van der Waals surface area contributed by atoms with Crippen molar-refractivity contribution in [1.29, 1.82) is 0 Å². The second kappa shape index (κ2) is 7.60. The highest BCUT2D eigenvalue weighted by Crippen LogP contribution is 2.26. The van der Waals surface area contributed by atoms with Crippen LogP contribution in [0.4, 0.5) is 0 Å². The molecule has 0 amide bonds. The van der Waals surface area contributed by atoms with Gasteiger partial charge in [0.1, 0.15) is 5.82 Å². The molecule has 0 aliphatic rings. The average Bonchev–Trinajstić information content (AvgIpc) is 2.70. The van der Waals surface area contributed by atoms with Crippen molar-refractivity contribution < 1.29 is 0 Å². The van der Waals surface area contributed by atoms with Gasteiger partial charge in [-0.3, -0.25) is 4.79 Å². The molecule has 0 atom stereocenters. The zero-order valence-electron chi connectivity index (χ0n) is 16.1. The molecule has 4 rings (SSSR count). The number of hydrogen-bond acceptors (Lipinski definition) is 4. The Morgan fingerprint density at radius 1 is 0.964 bits per heavy atom. The molecule has 0 spiro atoms. The lowest BCUT2D eigenvalue weighted by Crippen LogP contribution is -2.22. The largest absolute Gasteiger partial charge is 0.268 e. The van der Waals surface area contributed by atoms with Crippen molar-refractivity contribution in [3.8, 4) is 5.82 Å². The van der Waals surface area contributed by atoms with Crippen LogP contribution in [-0.2, 0) is 5.75 Å². The molecule has 0 saturated carbocycles. The van der Waals surface area contributed by atoms with Crippen LogP contribution >= 0.6 is 11.8 Å². The first-order chi connectivity index (χ1) is 13.5. The minimum Gasteiger partial charge on any atom is -0.268 e. The van der Waals surface area contributed by atoms with E-state index in [9.17, 15) is 4.79 Å². The van der Waals surface area contributed by atoms with Crippen LogP contribution in [0.15, 0.2) is 70.7 Å². The molecule has 0 bridgehead atoms. The highest BCUT2D eigenvalue weighted by molar-refractivity contribution is 7.98. The summed E-state index contributed by atoms with van der Waals surface area (Å²) >= 11 is 1.56. The Balaban J connectivity index is 1.84. The predicted molar refractivity (Wildman–Crippen MR) is 115 cm³/mol. The van der Waals surface area contributed by atoms with Gasteiger partial charge in [-0.05, 0) is 55.7 Å². The summed E-state index contributed by atoms with van der Waals surface area (Å²) in [5.74, 6) is 1.33. The molecule has 5 heteroatoms. The fourth-order valence-electron chi connectivity index (χ4n) is 3.10. The molecular weight excluding hydrogens is 366 g/mol. The number of para-hydroxylation sites is 1. The molecule has 4 aromatic rings. The van der Waals surface area contributed by atoms with Crippen LogP contribution in [0.3, 0.4) is 0 Å². The van der Waals surface area contributed by atoms with Crippen LogP contribution in [0.5, 0.6) is 0 Å². The highest BCUT2D eigenvalue weighted by atomic mass is 32.2. The molecule has 2 aromatic carbocycles. The molecule has 0 fully saturated rings. The van der Waals surface area contributed by atoms with E-state index in [0.717, 1.165) is 11.3 Å². The fourth-order valence-corrected chi connectivity index (χ4v) is 4.17. The number of thioether (sulfide) groups is 1. The Morgan fingerprint density at radius 2 is 1.75 bits per heavy atom. The molecule has 0 unspecified atom stereocenters. The molecule has 0 aliphatic heterocycles. The number of aryl methyl sites for hydroxylation is 3. The quantitative estimate of drug-likeness (QED) is 0.365. The third kappa shape index (κ3) is 3.58. The van der Waals surface area contributed by atoms with Gasteiger partial charge in [0.2, 0.25) is 0 Å². The summed E-state index contributed by atoms with van der Waals surface area (Å²) in [6.07, 6.45) is 1.77. The van der Waals surface area contributed by atoms with Crippen LogP contribution in [-0.4, -0.2) is 14.5 Å². The maximum atomic E-state index is 13.2. The number of rotatable bonds is 4. The molecule has 2 aromatic heterocycles. The van der Waals surface area contributed by atoms with Crippen molar-refractivity contribution in [2.75, 3.05) is 0 Å². The van der Waals surface area contributed by atoms with Gasteiger partial charge >= 0.3 is 0 Å². The number of aromatic nitrogens is 3. The highest BCUT2D eigenvalue weighted by Gasteiger charge is 2.14. The number of benzene rings is 2. The molecule has 2 heterocycles. The van der Waals surface area contributed by atoms with E-state index in [1.54, 1.807) is 22.5 Å². The number of nitrogens with zero attached hydrogens (tertiary/aromatic N) is 3. The third-order valence-electron chi connectivity index (χ3n) is 4.73. The van der Waals surface area contributed by atoms with Crippen molar-refractivity contribution in [1.82, 2.24) is 14.5 Å². The average molecular weight is 388 g/mol. The second-order valence-corrected chi connectivity index (χ2v) is 7.91. The topological polar surface area (TPSA) is 47.8 Å².